The van der Waals surface area contributed by atoms with Gasteiger partial charge < -0.3 is 20.9 Å². The first-order valence-corrected chi connectivity index (χ1v) is 12.2. The maximum absolute atomic E-state index is 6.90. The van der Waals surface area contributed by atoms with E-state index in [0.29, 0.717) is 0 Å². The fourth-order valence-electron chi connectivity index (χ4n) is 6.52. The number of nitrogens with two attached hydrogens (primary N) is 2. The van der Waals surface area contributed by atoms with Gasteiger partial charge >= 0.3 is 0 Å². The van der Waals surface area contributed by atoms with E-state index in [0.717, 1.165) is 78.1 Å². The van der Waals surface area contributed by atoms with Crippen LogP contribution in [0.25, 0.3) is 0 Å². The molecule has 1 unspecified atom stereocenters. The van der Waals surface area contributed by atoms with Gasteiger partial charge in [0, 0.05) is 34.0 Å². The molecule has 0 bridgehead atoms. The minimum absolute atomic E-state index is 0.0884. The molecule has 0 saturated carbocycles. The van der Waals surface area contributed by atoms with Crippen LogP contribution in [0.4, 0.5) is 0 Å². The maximum atomic E-state index is 6.90. The van der Waals surface area contributed by atoms with Gasteiger partial charge in [-0.3, -0.25) is 9.80 Å². The Hall–Kier alpha value is -0.240. The summed E-state index contributed by atoms with van der Waals surface area (Å²) < 4.78 is 12.1. The summed E-state index contributed by atoms with van der Waals surface area (Å²) in [6.07, 6.45) is 5.77. The van der Waals surface area contributed by atoms with Crippen molar-refractivity contribution in [1.82, 2.24) is 9.80 Å². The maximum Gasteiger partial charge on any atom is 0.0749 e. The van der Waals surface area contributed by atoms with Crippen LogP contribution in [0.2, 0.25) is 0 Å². The van der Waals surface area contributed by atoms with E-state index in [1.807, 2.05) is 0 Å². The van der Waals surface area contributed by atoms with Crippen molar-refractivity contribution in [1.29, 1.82) is 0 Å². The third-order valence-corrected chi connectivity index (χ3v) is 9.19. The van der Waals surface area contributed by atoms with Gasteiger partial charge in [-0.25, -0.2) is 0 Å². The van der Waals surface area contributed by atoms with E-state index in [9.17, 15) is 0 Å². The molecule has 4 rings (SSSR count). The first kappa shape index (κ1) is 22.9. The molecule has 2 spiro atoms. The normalized spacial score (nSPS) is 35.5. The summed E-state index contributed by atoms with van der Waals surface area (Å²) in [7, 11) is 0. The standard InChI is InChI=1S/C24H46N4O2/c1-21(2,3)27-10-8-24(9-11-27)17-30-18(20(24)26)14-22(4,5)28-12-6-23(7-13-28)16-29-15-19(23)25/h18-20H,6-17,25-26H2,1-5H3/t18?,19-,20+/m1/s1. The molecule has 4 aliphatic rings. The molecule has 4 fully saturated rings. The fraction of sp³-hybridized carbons (Fsp3) is 1.00. The van der Waals surface area contributed by atoms with Gasteiger partial charge in [-0.15, -0.1) is 0 Å². The fourth-order valence-corrected chi connectivity index (χ4v) is 6.52. The summed E-state index contributed by atoms with van der Waals surface area (Å²) >= 11 is 0. The summed E-state index contributed by atoms with van der Waals surface area (Å²) in [5.74, 6) is 0. The lowest BCUT2D eigenvalue weighted by molar-refractivity contribution is -0.0106. The lowest BCUT2D eigenvalue weighted by atomic mass is 9.71. The number of rotatable bonds is 3. The van der Waals surface area contributed by atoms with Gasteiger partial charge in [-0.2, -0.15) is 0 Å². The summed E-state index contributed by atoms with van der Waals surface area (Å²) in [6, 6.07) is 0.347. The van der Waals surface area contributed by atoms with Gasteiger partial charge in [-0.1, -0.05) is 0 Å². The zero-order valence-electron chi connectivity index (χ0n) is 20.1. The summed E-state index contributed by atoms with van der Waals surface area (Å²) in [5.41, 5.74) is 14.0. The topological polar surface area (TPSA) is 77.0 Å². The SMILES string of the molecule is CC(C)(C)N1CCC2(CC1)COC(CC(C)(C)N1CCC3(CC1)COC[C@H]3N)[C@@H]2N. The molecule has 0 radical (unpaired) electrons. The monoisotopic (exact) mass is 422 g/mol. The second-order valence-electron chi connectivity index (χ2n) is 12.4. The molecule has 4 N–H and O–H groups in total. The first-order chi connectivity index (χ1) is 14.0. The lowest BCUT2D eigenvalue weighted by Crippen LogP contribution is -2.57. The molecule has 6 nitrogen and oxygen atoms in total. The van der Waals surface area contributed by atoms with Crippen LogP contribution in [-0.4, -0.2) is 85.1 Å². The number of ether oxygens (including phenoxy) is 2. The molecule has 30 heavy (non-hydrogen) atoms. The van der Waals surface area contributed by atoms with E-state index in [4.69, 9.17) is 20.9 Å². The Labute approximate surface area is 184 Å². The van der Waals surface area contributed by atoms with Crippen molar-refractivity contribution in [3.8, 4) is 0 Å². The number of piperidine rings is 2. The zero-order chi connectivity index (χ0) is 21.8. The van der Waals surface area contributed by atoms with Crippen LogP contribution >= 0.6 is 0 Å². The highest BCUT2D eigenvalue weighted by Crippen LogP contribution is 2.45. The minimum atomic E-state index is 0.0884. The zero-order valence-corrected chi connectivity index (χ0v) is 20.1. The van der Waals surface area contributed by atoms with Crippen LogP contribution in [0.15, 0.2) is 0 Å². The molecule has 0 aromatic rings. The number of likely N-dealkylation sites (tertiary alicyclic amines) is 2. The molecule has 0 amide bonds. The Morgan fingerprint density at radius 2 is 1.40 bits per heavy atom. The van der Waals surface area contributed by atoms with E-state index in [-0.39, 0.29) is 40.1 Å². The van der Waals surface area contributed by atoms with Crippen LogP contribution in [0.1, 0.15) is 66.7 Å². The van der Waals surface area contributed by atoms with Gasteiger partial charge in [0.05, 0.1) is 25.9 Å². The average Bonchev–Trinajstić information content (AvgIpc) is 3.17. The van der Waals surface area contributed by atoms with E-state index in [1.165, 1.54) is 0 Å². The largest absolute Gasteiger partial charge is 0.379 e. The van der Waals surface area contributed by atoms with E-state index >= 15 is 0 Å². The van der Waals surface area contributed by atoms with Crippen molar-refractivity contribution >= 4 is 0 Å². The van der Waals surface area contributed by atoms with Crippen molar-refractivity contribution in [3.05, 3.63) is 0 Å². The van der Waals surface area contributed by atoms with Crippen molar-refractivity contribution in [2.75, 3.05) is 46.0 Å². The van der Waals surface area contributed by atoms with Crippen LogP contribution in [-0.2, 0) is 9.47 Å². The third-order valence-electron chi connectivity index (χ3n) is 9.19. The summed E-state index contributed by atoms with van der Waals surface area (Å²) in [4.78, 5) is 5.25. The highest BCUT2D eigenvalue weighted by atomic mass is 16.5. The second-order valence-corrected chi connectivity index (χ2v) is 12.4. The molecule has 3 atom stereocenters. The van der Waals surface area contributed by atoms with Gasteiger partial charge in [-0.05, 0) is 92.9 Å². The van der Waals surface area contributed by atoms with E-state index < -0.39 is 0 Å². The van der Waals surface area contributed by atoms with Crippen molar-refractivity contribution < 1.29 is 9.47 Å². The van der Waals surface area contributed by atoms with Crippen molar-refractivity contribution in [2.24, 2.45) is 22.3 Å². The molecule has 0 aliphatic carbocycles. The molecule has 0 aromatic carbocycles. The number of hydrogen-bond acceptors (Lipinski definition) is 6. The molecule has 6 heteroatoms. The Kier molecular flexibility index (Phi) is 6.09. The summed E-state index contributed by atoms with van der Waals surface area (Å²) in [6.45, 7) is 18.5. The molecule has 4 saturated heterocycles. The molecule has 4 aliphatic heterocycles. The molecular weight excluding hydrogens is 376 g/mol. The molecular formula is C24H46N4O2. The Morgan fingerprint density at radius 3 is 1.93 bits per heavy atom. The average molecular weight is 423 g/mol. The summed E-state index contributed by atoms with van der Waals surface area (Å²) in [5, 5.41) is 0. The van der Waals surface area contributed by atoms with Crippen molar-refractivity contribution in [2.45, 2.75) is 96.0 Å². The highest BCUT2D eigenvalue weighted by molar-refractivity contribution is 5.06. The van der Waals surface area contributed by atoms with E-state index in [1.54, 1.807) is 0 Å². The Bertz CT molecular complexity index is 601. The minimum Gasteiger partial charge on any atom is -0.379 e. The van der Waals surface area contributed by atoms with Gasteiger partial charge in [0.1, 0.15) is 0 Å². The first-order valence-electron chi connectivity index (χ1n) is 12.2. The van der Waals surface area contributed by atoms with Crippen LogP contribution in [0, 0.1) is 10.8 Å². The predicted octanol–water partition coefficient (Wildman–Crippen LogP) is 2.20. The highest BCUT2D eigenvalue weighted by Gasteiger charge is 2.52. The van der Waals surface area contributed by atoms with Crippen molar-refractivity contribution in [3.63, 3.8) is 0 Å². The van der Waals surface area contributed by atoms with Crippen LogP contribution < -0.4 is 11.5 Å². The predicted molar refractivity (Wildman–Crippen MR) is 121 cm³/mol. The smallest absolute Gasteiger partial charge is 0.0749 e. The second kappa shape index (κ2) is 7.96. The molecule has 0 aromatic heterocycles. The Morgan fingerprint density at radius 1 is 0.833 bits per heavy atom. The van der Waals surface area contributed by atoms with Gasteiger partial charge in [0.2, 0.25) is 0 Å². The quantitative estimate of drug-likeness (QED) is 0.726. The Balaban J connectivity index is 1.33. The number of hydrogen-bond donors (Lipinski definition) is 2. The van der Waals surface area contributed by atoms with Gasteiger partial charge in [0.15, 0.2) is 0 Å². The number of nitrogens with zero attached hydrogens (tertiary/aromatic N) is 2. The lowest BCUT2D eigenvalue weighted by Gasteiger charge is -2.49. The third kappa shape index (κ3) is 4.08. The molecule has 174 valence electrons. The molecule has 4 heterocycles. The van der Waals surface area contributed by atoms with E-state index in [2.05, 4.69) is 44.4 Å². The van der Waals surface area contributed by atoms with Crippen LogP contribution in [0.3, 0.4) is 0 Å². The van der Waals surface area contributed by atoms with Crippen LogP contribution in [0.5, 0.6) is 0 Å². The van der Waals surface area contributed by atoms with Gasteiger partial charge in [0.25, 0.3) is 0 Å².